The van der Waals surface area contributed by atoms with Crippen molar-refractivity contribution in [1.82, 2.24) is 30.4 Å². The lowest BCUT2D eigenvalue weighted by Gasteiger charge is -2.14. The largest absolute Gasteiger partial charge is 0.416 e. The highest BCUT2D eigenvalue weighted by atomic mass is 19.4. The summed E-state index contributed by atoms with van der Waals surface area (Å²) in [5, 5.41) is 14.3. The fraction of sp³-hybridized carbons (Fsp3) is 0.300. The van der Waals surface area contributed by atoms with E-state index in [0.717, 1.165) is 35.8 Å². The molecule has 2 amide bonds. The number of carbonyl (C=O) groups is 2. The monoisotopic (exact) mass is 592 g/mol. The number of hydrogen-bond acceptors (Lipinski definition) is 7. The normalized spacial score (nSPS) is 17.5. The molecule has 13 heteroatoms. The number of halogens is 3. The second-order valence-electron chi connectivity index (χ2n) is 10.3. The number of aryl methyl sites for hydroxylation is 1. The van der Waals surface area contributed by atoms with Crippen molar-refractivity contribution in [1.29, 1.82) is 0 Å². The molecule has 0 aliphatic carbocycles. The summed E-state index contributed by atoms with van der Waals surface area (Å²) >= 11 is 0. The fourth-order valence-electron chi connectivity index (χ4n) is 4.87. The van der Waals surface area contributed by atoms with E-state index in [-0.39, 0.29) is 23.3 Å². The first kappa shape index (κ1) is 29.7. The number of hydrogen-bond donors (Lipinski definition) is 4. The summed E-state index contributed by atoms with van der Waals surface area (Å²) in [6.45, 7) is 3.79. The molecule has 1 aliphatic rings. The number of amides is 2. The van der Waals surface area contributed by atoms with Gasteiger partial charge in [-0.2, -0.15) is 18.3 Å². The van der Waals surface area contributed by atoms with Gasteiger partial charge in [0.1, 0.15) is 17.3 Å². The van der Waals surface area contributed by atoms with E-state index in [4.69, 9.17) is 10.8 Å². The fourth-order valence-corrected chi connectivity index (χ4v) is 4.87. The van der Waals surface area contributed by atoms with Crippen LogP contribution in [-0.2, 0) is 17.5 Å². The Balaban J connectivity index is 1.46. The van der Waals surface area contributed by atoms with Gasteiger partial charge in [-0.3, -0.25) is 14.3 Å². The van der Waals surface area contributed by atoms with E-state index >= 15 is 0 Å². The maximum absolute atomic E-state index is 13.0. The van der Waals surface area contributed by atoms with Gasteiger partial charge in [-0.25, -0.2) is 9.97 Å². The van der Waals surface area contributed by atoms with Crippen LogP contribution in [0.2, 0.25) is 0 Å². The van der Waals surface area contributed by atoms with Crippen molar-refractivity contribution in [2.45, 2.75) is 44.9 Å². The molecular formula is C30H31F3N8O2. The maximum atomic E-state index is 13.0. The lowest BCUT2D eigenvalue weighted by Crippen LogP contribution is -2.33. The van der Waals surface area contributed by atoms with E-state index in [9.17, 15) is 22.8 Å². The summed E-state index contributed by atoms with van der Waals surface area (Å²) in [4.78, 5) is 33.3. The quantitative estimate of drug-likeness (QED) is 0.272. The Bertz CT molecular complexity index is 1660. The Morgan fingerprint density at radius 2 is 1.95 bits per heavy atom. The highest BCUT2D eigenvalue weighted by Gasteiger charge is 2.31. The third kappa shape index (κ3) is 7.00. The Morgan fingerprint density at radius 3 is 2.72 bits per heavy atom. The molecule has 1 aromatic carbocycles. The maximum Gasteiger partial charge on any atom is 0.416 e. The summed E-state index contributed by atoms with van der Waals surface area (Å²) < 4.78 is 41.0. The smallest absolute Gasteiger partial charge is 0.383 e. The number of nitrogens with one attached hydrogen (secondary N) is 3. The van der Waals surface area contributed by atoms with E-state index in [1.807, 2.05) is 23.8 Å². The van der Waals surface area contributed by atoms with Crippen LogP contribution in [0.3, 0.4) is 0 Å². The minimum atomic E-state index is -4.56. The summed E-state index contributed by atoms with van der Waals surface area (Å²) in [5.74, 6) is -0.518. The van der Waals surface area contributed by atoms with Crippen molar-refractivity contribution >= 4 is 40.4 Å². The molecule has 1 aliphatic heterocycles. The van der Waals surface area contributed by atoms with Crippen molar-refractivity contribution in [2.75, 3.05) is 24.1 Å². The summed E-state index contributed by atoms with van der Waals surface area (Å²) in [6.07, 6.45) is 3.91. The van der Waals surface area contributed by atoms with Gasteiger partial charge < -0.3 is 21.7 Å². The zero-order valence-corrected chi connectivity index (χ0v) is 23.4. The minimum absolute atomic E-state index is 0.00725. The molecule has 0 saturated carbocycles. The molecule has 3 aromatic heterocycles. The molecule has 4 aromatic rings. The average molecular weight is 593 g/mol. The zero-order chi connectivity index (χ0) is 30.6. The number of alkyl halides is 3. The van der Waals surface area contributed by atoms with E-state index in [1.165, 1.54) is 0 Å². The highest BCUT2D eigenvalue weighted by molar-refractivity contribution is 6.06. The lowest BCUT2D eigenvalue weighted by molar-refractivity contribution is -0.137. The third-order valence-electron chi connectivity index (χ3n) is 7.07. The van der Waals surface area contributed by atoms with Gasteiger partial charge in [-0.15, -0.1) is 0 Å². The number of aromatic nitrogens is 4. The van der Waals surface area contributed by atoms with Gasteiger partial charge in [-0.05, 0) is 50.6 Å². The van der Waals surface area contributed by atoms with Gasteiger partial charge in [0.05, 0.1) is 16.5 Å². The lowest BCUT2D eigenvalue weighted by atomic mass is 10.0. The number of anilines is 2. The van der Waals surface area contributed by atoms with Crippen molar-refractivity contribution in [3.8, 4) is 11.3 Å². The number of rotatable bonds is 3. The van der Waals surface area contributed by atoms with Crippen molar-refractivity contribution < 1.29 is 22.8 Å². The van der Waals surface area contributed by atoms with Crippen LogP contribution in [0.1, 0.15) is 47.7 Å². The van der Waals surface area contributed by atoms with Crippen LogP contribution in [-0.4, -0.2) is 50.7 Å². The molecular weight excluding hydrogens is 561 g/mol. The number of nitrogens with zero attached hydrogens (tertiary/aromatic N) is 4. The van der Waals surface area contributed by atoms with Crippen molar-refractivity contribution in [2.24, 2.45) is 0 Å². The number of nitrogen functional groups attached to an aromatic ring is 1. The first-order valence-electron chi connectivity index (χ1n) is 13.9. The van der Waals surface area contributed by atoms with Crippen LogP contribution < -0.4 is 21.7 Å². The molecule has 43 heavy (non-hydrogen) atoms. The molecule has 0 bridgehead atoms. The number of carbonyl (C=O) groups excluding carboxylic acids is 2. The van der Waals surface area contributed by atoms with Crippen LogP contribution in [0.4, 0.5) is 24.8 Å². The highest BCUT2D eigenvalue weighted by Crippen LogP contribution is 2.34. The molecule has 0 fully saturated rings. The Kier molecular flexibility index (Phi) is 8.71. The first-order chi connectivity index (χ1) is 20.6. The second-order valence-corrected chi connectivity index (χ2v) is 10.3. The molecule has 0 radical (unpaired) electrons. The molecule has 4 heterocycles. The average Bonchev–Trinajstić information content (AvgIpc) is 3.36. The minimum Gasteiger partial charge on any atom is -0.383 e. The molecule has 5 N–H and O–H groups in total. The first-order valence-corrected chi connectivity index (χ1v) is 13.9. The summed E-state index contributed by atoms with van der Waals surface area (Å²) in [6, 6.07) is 8.04. The van der Waals surface area contributed by atoms with Crippen LogP contribution in [0.15, 0.2) is 54.9 Å². The molecule has 0 spiro atoms. The molecule has 224 valence electrons. The molecule has 0 unspecified atom stereocenters. The summed E-state index contributed by atoms with van der Waals surface area (Å²) in [5.41, 5.74) is 8.56. The van der Waals surface area contributed by atoms with Crippen LogP contribution >= 0.6 is 0 Å². The van der Waals surface area contributed by atoms with Gasteiger partial charge in [0, 0.05) is 54.6 Å². The van der Waals surface area contributed by atoms with E-state index < -0.39 is 17.6 Å². The number of nitrogens with two attached hydrogens (primary N) is 1. The predicted octanol–water partition coefficient (Wildman–Crippen LogP) is 4.64. The van der Waals surface area contributed by atoms with Gasteiger partial charge in [0.15, 0.2) is 0 Å². The molecule has 10 nitrogen and oxygen atoms in total. The van der Waals surface area contributed by atoms with Gasteiger partial charge in [-0.1, -0.05) is 24.3 Å². The summed E-state index contributed by atoms with van der Waals surface area (Å²) in [7, 11) is 0. The predicted molar refractivity (Wildman–Crippen MR) is 158 cm³/mol. The van der Waals surface area contributed by atoms with Crippen molar-refractivity contribution in [3.63, 3.8) is 0 Å². The van der Waals surface area contributed by atoms with Gasteiger partial charge >= 0.3 is 6.18 Å². The van der Waals surface area contributed by atoms with E-state index in [1.54, 1.807) is 30.5 Å². The topological polar surface area (TPSA) is 140 Å². The van der Waals surface area contributed by atoms with Gasteiger partial charge in [0.2, 0.25) is 5.91 Å². The van der Waals surface area contributed by atoms with Gasteiger partial charge in [0.25, 0.3) is 5.91 Å². The second kappa shape index (κ2) is 12.6. The van der Waals surface area contributed by atoms with Crippen LogP contribution in [0, 0.1) is 0 Å². The molecule has 0 saturated heterocycles. The Labute approximate surface area is 245 Å². The third-order valence-corrected chi connectivity index (χ3v) is 7.07. The SMILES string of the molecule is C[C@@H]1CCn2nc(-c3ccc(C(=O)Nc4cc(C(F)(F)F)ccn4)cc3)c3c(N)ncc(c32)/C=C/CNCCCC(=O)N1. The van der Waals surface area contributed by atoms with E-state index in [2.05, 4.69) is 25.9 Å². The Hall–Kier alpha value is -4.78. The standard InChI is InChI=1S/C30H31F3N8O2/c1-18-11-15-41-27-21(4-2-12-35-13-3-5-24(42)38-18)17-37-28(34)25(27)26(40-41)19-6-8-20(9-7-19)29(43)39-23-16-22(10-14-36-23)30(31,32)33/h2,4,6-10,14,16-18,35H,3,5,11-13,15H2,1H3,(H2,34,37)(H,38,42)(H,36,39,43)/b4-2+/t18-/m1/s1. The zero-order valence-electron chi connectivity index (χ0n) is 23.4. The van der Waals surface area contributed by atoms with Crippen molar-refractivity contribution in [3.05, 3.63) is 71.6 Å². The molecule has 5 rings (SSSR count). The Morgan fingerprint density at radius 1 is 1.16 bits per heavy atom. The van der Waals surface area contributed by atoms with Crippen LogP contribution in [0.25, 0.3) is 28.2 Å². The molecule has 1 atom stereocenters. The number of benzene rings is 1. The van der Waals surface area contributed by atoms with Crippen LogP contribution in [0.5, 0.6) is 0 Å². The number of pyridine rings is 2. The van der Waals surface area contributed by atoms with E-state index in [0.29, 0.717) is 54.9 Å².